The zero-order valence-electron chi connectivity index (χ0n) is 16.7. The highest BCUT2D eigenvalue weighted by molar-refractivity contribution is 5.95. The summed E-state index contributed by atoms with van der Waals surface area (Å²) in [4.78, 5) is 14.5. The summed E-state index contributed by atoms with van der Waals surface area (Å²) < 4.78 is 0. The molecule has 0 fully saturated rings. The lowest BCUT2D eigenvalue weighted by Gasteiger charge is -2.42. The molecule has 0 saturated heterocycles. The Labute approximate surface area is 161 Å². The minimum Gasteiger partial charge on any atom is -0.363 e. The molecule has 1 N–H and O–H groups in total. The molecule has 0 aromatic heterocycles. The number of amides is 1. The van der Waals surface area contributed by atoms with Crippen molar-refractivity contribution in [1.82, 2.24) is 5.43 Å². The van der Waals surface area contributed by atoms with Crippen LogP contribution in [0.4, 0.5) is 5.69 Å². The highest BCUT2D eigenvalue weighted by atomic mass is 16.2. The van der Waals surface area contributed by atoms with E-state index < -0.39 is 0 Å². The summed E-state index contributed by atoms with van der Waals surface area (Å²) in [7, 11) is 0. The normalized spacial score (nSPS) is 15.4. The second kappa shape index (κ2) is 7.39. The van der Waals surface area contributed by atoms with E-state index in [0.29, 0.717) is 5.56 Å². The number of anilines is 1. The number of fused-ring (bicyclic) bond motifs is 1. The topological polar surface area (TPSA) is 44.7 Å². The molecule has 1 amide bonds. The van der Waals surface area contributed by atoms with E-state index in [0.717, 1.165) is 17.7 Å². The van der Waals surface area contributed by atoms with Gasteiger partial charge in [-0.25, -0.2) is 5.43 Å². The number of likely N-dealkylation sites (N-methyl/N-ethyl adjacent to an activating group) is 1. The SMILES string of the molecule is CCN1c2ccc(/C=N/NC(=O)c3ccc(C)cc3)cc2C(C)=CC1(C)C. The molecule has 0 atom stereocenters. The van der Waals surface area contributed by atoms with Crippen LogP contribution in [0.25, 0.3) is 5.57 Å². The minimum absolute atomic E-state index is 0.00342. The van der Waals surface area contributed by atoms with Gasteiger partial charge in [0.05, 0.1) is 11.8 Å². The van der Waals surface area contributed by atoms with Crippen molar-refractivity contribution < 1.29 is 4.79 Å². The van der Waals surface area contributed by atoms with Crippen molar-refractivity contribution in [3.63, 3.8) is 0 Å². The van der Waals surface area contributed by atoms with E-state index in [1.807, 2.05) is 25.1 Å². The number of hydrazone groups is 1. The van der Waals surface area contributed by atoms with Crippen molar-refractivity contribution in [2.75, 3.05) is 11.4 Å². The first-order valence-electron chi connectivity index (χ1n) is 9.33. The molecule has 2 aromatic rings. The Morgan fingerprint density at radius 3 is 2.52 bits per heavy atom. The lowest BCUT2D eigenvalue weighted by molar-refractivity contribution is 0.0955. The van der Waals surface area contributed by atoms with E-state index in [1.54, 1.807) is 18.3 Å². The van der Waals surface area contributed by atoms with Gasteiger partial charge < -0.3 is 4.90 Å². The first-order valence-corrected chi connectivity index (χ1v) is 9.33. The van der Waals surface area contributed by atoms with Crippen LogP contribution in [-0.2, 0) is 0 Å². The molecule has 1 aliphatic heterocycles. The van der Waals surface area contributed by atoms with E-state index in [4.69, 9.17) is 0 Å². The van der Waals surface area contributed by atoms with Gasteiger partial charge in [0.25, 0.3) is 5.91 Å². The van der Waals surface area contributed by atoms with Crippen molar-refractivity contribution in [2.24, 2.45) is 5.10 Å². The molecule has 0 spiro atoms. The predicted octanol–water partition coefficient (Wildman–Crippen LogP) is 4.78. The monoisotopic (exact) mass is 361 g/mol. The molecule has 2 aromatic carbocycles. The summed E-state index contributed by atoms with van der Waals surface area (Å²) >= 11 is 0. The lowest BCUT2D eigenvalue weighted by atomic mass is 9.88. The van der Waals surface area contributed by atoms with Gasteiger partial charge in [0.15, 0.2) is 0 Å². The fourth-order valence-electron chi connectivity index (χ4n) is 3.69. The van der Waals surface area contributed by atoms with E-state index in [9.17, 15) is 4.79 Å². The number of carbonyl (C=O) groups excluding carboxylic acids is 1. The molecule has 27 heavy (non-hydrogen) atoms. The first-order chi connectivity index (χ1) is 12.8. The molecule has 140 valence electrons. The second-order valence-electron chi connectivity index (χ2n) is 7.57. The maximum absolute atomic E-state index is 12.1. The maximum atomic E-state index is 12.1. The van der Waals surface area contributed by atoms with Gasteiger partial charge in [-0.15, -0.1) is 0 Å². The standard InChI is InChI=1S/C23H27N3O/c1-6-26-21-12-9-18(13-20(21)17(3)14-23(26,4)5)15-24-25-22(27)19-10-7-16(2)8-11-19/h7-15H,6H2,1-5H3,(H,25,27)/b24-15+. The van der Waals surface area contributed by atoms with Crippen molar-refractivity contribution in [3.05, 3.63) is 70.8 Å². The average Bonchev–Trinajstić information content (AvgIpc) is 2.62. The van der Waals surface area contributed by atoms with Crippen LogP contribution in [0.3, 0.4) is 0 Å². The molecule has 0 unspecified atom stereocenters. The molecular formula is C23H27N3O. The lowest BCUT2D eigenvalue weighted by Crippen LogP contribution is -2.44. The van der Waals surface area contributed by atoms with Crippen LogP contribution in [0, 0.1) is 6.92 Å². The average molecular weight is 361 g/mol. The molecule has 3 rings (SSSR count). The number of hydrogen-bond donors (Lipinski definition) is 1. The number of allylic oxidation sites excluding steroid dienone is 1. The molecule has 1 aliphatic rings. The Morgan fingerprint density at radius 2 is 1.85 bits per heavy atom. The highest BCUT2D eigenvalue weighted by Crippen LogP contribution is 2.38. The summed E-state index contributed by atoms with van der Waals surface area (Å²) in [6.07, 6.45) is 3.99. The van der Waals surface area contributed by atoms with E-state index in [-0.39, 0.29) is 11.4 Å². The van der Waals surface area contributed by atoms with Gasteiger partial charge in [-0.2, -0.15) is 5.10 Å². The second-order valence-corrected chi connectivity index (χ2v) is 7.57. The Kier molecular flexibility index (Phi) is 5.17. The number of benzene rings is 2. The number of aryl methyl sites for hydroxylation is 1. The highest BCUT2D eigenvalue weighted by Gasteiger charge is 2.29. The Balaban J connectivity index is 1.77. The van der Waals surface area contributed by atoms with Crippen LogP contribution in [0.15, 0.2) is 53.6 Å². The van der Waals surface area contributed by atoms with Crippen LogP contribution >= 0.6 is 0 Å². The zero-order valence-corrected chi connectivity index (χ0v) is 16.7. The first kappa shape index (κ1) is 18.9. The van der Waals surface area contributed by atoms with Gasteiger partial charge in [0, 0.05) is 23.4 Å². The molecule has 1 heterocycles. The van der Waals surface area contributed by atoms with Gasteiger partial charge in [0.2, 0.25) is 0 Å². The third kappa shape index (κ3) is 3.95. The van der Waals surface area contributed by atoms with Gasteiger partial charge in [-0.3, -0.25) is 4.79 Å². The fourth-order valence-corrected chi connectivity index (χ4v) is 3.69. The van der Waals surface area contributed by atoms with E-state index in [2.05, 4.69) is 61.3 Å². The van der Waals surface area contributed by atoms with Gasteiger partial charge in [-0.05, 0) is 70.0 Å². The van der Waals surface area contributed by atoms with Crippen molar-refractivity contribution in [1.29, 1.82) is 0 Å². The number of rotatable bonds is 4. The molecule has 0 bridgehead atoms. The van der Waals surface area contributed by atoms with E-state index >= 15 is 0 Å². The molecule has 0 aliphatic carbocycles. The van der Waals surface area contributed by atoms with E-state index in [1.165, 1.54) is 16.8 Å². The Hall–Kier alpha value is -2.88. The number of nitrogens with one attached hydrogen (secondary N) is 1. The number of hydrogen-bond acceptors (Lipinski definition) is 3. The van der Waals surface area contributed by atoms with Crippen molar-refractivity contribution in [3.8, 4) is 0 Å². The molecule has 0 radical (unpaired) electrons. The van der Waals surface area contributed by atoms with Crippen molar-refractivity contribution >= 4 is 23.4 Å². The summed E-state index contributed by atoms with van der Waals surface area (Å²) in [5, 5.41) is 4.12. The van der Waals surface area contributed by atoms with Crippen LogP contribution in [0.5, 0.6) is 0 Å². The quantitative estimate of drug-likeness (QED) is 0.629. The molecule has 4 heteroatoms. The van der Waals surface area contributed by atoms with Crippen LogP contribution < -0.4 is 10.3 Å². The van der Waals surface area contributed by atoms with Gasteiger partial charge in [-0.1, -0.05) is 29.8 Å². The molecule has 0 saturated carbocycles. The van der Waals surface area contributed by atoms with Gasteiger partial charge >= 0.3 is 0 Å². The Bertz CT molecular complexity index is 908. The van der Waals surface area contributed by atoms with Crippen LogP contribution in [0.2, 0.25) is 0 Å². The summed E-state index contributed by atoms with van der Waals surface area (Å²) in [6, 6.07) is 13.7. The third-order valence-corrected chi connectivity index (χ3v) is 5.01. The summed E-state index contributed by atoms with van der Waals surface area (Å²) in [6.45, 7) is 11.7. The van der Waals surface area contributed by atoms with Crippen molar-refractivity contribution in [2.45, 2.75) is 40.2 Å². The van der Waals surface area contributed by atoms with Gasteiger partial charge in [0.1, 0.15) is 0 Å². The smallest absolute Gasteiger partial charge is 0.271 e. The predicted molar refractivity (Wildman–Crippen MR) is 113 cm³/mol. The zero-order chi connectivity index (χ0) is 19.6. The fraction of sp³-hybridized carbons (Fsp3) is 0.304. The maximum Gasteiger partial charge on any atom is 0.271 e. The summed E-state index contributed by atoms with van der Waals surface area (Å²) in [5.74, 6) is -0.209. The third-order valence-electron chi connectivity index (χ3n) is 5.01. The summed E-state index contributed by atoms with van der Waals surface area (Å²) in [5.41, 5.74) is 9.00. The molecular weight excluding hydrogens is 334 g/mol. The molecule has 4 nitrogen and oxygen atoms in total. The number of carbonyl (C=O) groups is 1. The van der Waals surface area contributed by atoms with Crippen LogP contribution in [-0.4, -0.2) is 24.2 Å². The minimum atomic E-state index is -0.209. The van der Waals surface area contributed by atoms with Crippen LogP contribution in [0.1, 0.15) is 54.7 Å². The Morgan fingerprint density at radius 1 is 1.15 bits per heavy atom. The number of nitrogens with zero attached hydrogens (tertiary/aromatic N) is 2. The largest absolute Gasteiger partial charge is 0.363 e.